The predicted molar refractivity (Wildman–Crippen MR) is 133 cm³/mol. The van der Waals surface area contributed by atoms with Crippen LogP contribution in [0.3, 0.4) is 0 Å². The molecule has 160 valence electrons. The maximum atomic E-state index is 11.2. The standard InChI is InChI=1S/C27H23NO3S/c1-31-26-17-21-10-6-5-9-20(21)16-25(26)28-24-13-12-23(15-22(24)11-14-27(29)30)32-18-19-7-3-2-4-8-19/h2-17,28H,18H2,1H3,(H,29,30)/b14-11+. The van der Waals surface area contributed by atoms with Crippen LogP contribution in [0.2, 0.25) is 0 Å². The van der Waals surface area contributed by atoms with Gasteiger partial charge in [0.15, 0.2) is 0 Å². The van der Waals surface area contributed by atoms with Crippen LogP contribution in [0.4, 0.5) is 11.4 Å². The van der Waals surface area contributed by atoms with Gasteiger partial charge in [0, 0.05) is 22.4 Å². The molecule has 0 aromatic heterocycles. The third-order valence-electron chi connectivity index (χ3n) is 5.01. The molecule has 0 saturated carbocycles. The lowest BCUT2D eigenvalue weighted by Gasteiger charge is -2.15. The summed E-state index contributed by atoms with van der Waals surface area (Å²) < 4.78 is 5.60. The normalized spacial score (nSPS) is 11.0. The van der Waals surface area contributed by atoms with Gasteiger partial charge >= 0.3 is 5.97 Å². The molecule has 32 heavy (non-hydrogen) atoms. The first kappa shape index (κ1) is 21.5. The zero-order valence-corrected chi connectivity index (χ0v) is 18.4. The van der Waals surface area contributed by atoms with Crippen molar-refractivity contribution in [1.29, 1.82) is 0 Å². The van der Waals surface area contributed by atoms with Crippen molar-refractivity contribution >= 4 is 46.0 Å². The Morgan fingerprint density at radius 3 is 2.38 bits per heavy atom. The summed E-state index contributed by atoms with van der Waals surface area (Å²) >= 11 is 1.71. The molecule has 4 aromatic rings. The summed E-state index contributed by atoms with van der Waals surface area (Å²) in [6, 6.07) is 28.4. The van der Waals surface area contributed by atoms with E-state index in [-0.39, 0.29) is 0 Å². The Morgan fingerprint density at radius 2 is 1.66 bits per heavy atom. The van der Waals surface area contributed by atoms with Crippen molar-refractivity contribution in [3.05, 3.63) is 102 Å². The zero-order chi connectivity index (χ0) is 22.3. The molecule has 0 radical (unpaired) electrons. The fourth-order valence-corrected chi connectivity index (χ4v) is 4.32. The SMILES string of the molecule is COc1cc2ccccc2cc1Nc1ccc(SCc2ccccc2)cc1/C=C/C(=O)O. The topological polar surface area (TPSA) is 58.6 Å². The lowest BCUT2D eigenvalue weighted by atomic mass is 10.1. The van der Waals surface area contributed by atoms with E-state index in [1.165, 1.54) is 5.56 Å². The average molecular weight is 442 g/mol. The summed E-state index contributed by atoms with van der Waals surface area (Å²) in [6.07, 6.45) is 2.77. The highest BCUT2D eigenvalue weighted by atomic mass is 32.2. The Kier molecular flexibility index (Phi) is 6.78. The van der Waals surface area contributed by atoms with Crippen LogP contribution in [0.25, 0.3) is 16.8 Å². The van der Waals surface area contributed by atoms with E-state index < -0.39 is 5.97 Å². The molecule has 0 bridgehead atoms. The number of anilines is 2. The monoisotopic (exact) mass is 441 g/mol. The van der Waals surface area contributed by atoms with Crippen molar-refractivity contribution in [1.82, 2.24) is 0 Å². The van der Waals surface area contributed by atoms with E-state index in [4.69, 9.17) is 9.84 Å². The van der Waals surface area contributed by atoms with Crippen molar-refractivity contribution < 1.29 is 14.6 Å². The summed E-state index contributed by atoms with van der Waals surface area (Å²) in [6.45, 7) is 0. The van der Waals surface area contributed by atoms with Gasteiger partial charge in [0.1, 0.15) is 5.75 Å². The summed E-state index contributed by atoms with van der Waals surface area (Å²) in [5, 5.41) is 14.8. The van der Waals surface area contributed by atoms with Crippen LogP contribution in [0.5, 0.6) is 5.75 Å². The number of benzene rings is 4. The van der Waals surface area contributed by atoms with Gasteiger partial charge < -0.3 is 15.2 Å². The van der Waals surface area contributed by atoms with E-state index >= 15 is 0 Å². The number of carbonyl (C=O) groups is 1. The van der Waals surface area contributed by atoms with E-state index in [0.717, 1.165) is 50.2 Å². The van der Waals surface area contributed by atoms with Crippen molar-refractivity contribution in [2.24, 2.45) is 0 Å². The molecule has 0 amide bonds. The molecule has 0 heterocycles. The van der Waals surface area contributed by atoms with E-state index in [2.05, 4.69) is 23.5 Å². The molecule has 0 unspecified atom stereocenters. The van der Waals surface area contributed by atoms with Gasteiger partial charge in [-0.25, -0.2) is 4.79 Å². The van der Waals surface area contributed by atoms with Gasteiger partial charge in [-0.1, -0.05) is 54.6 Å². The van der Waals surface area contributed by atoms with Gasteiger partial charge in [-0.05, 0) is 58.3 Å². The Bertz CT molecular complexity index is 1270. The number of nitrogens with one attached hydrogen (secondary N) is 1. The molecule has 0 saturated heterocycles. The highest BCUT2D eigenvalue weighted by Crippen LogP contribution is 2.35. The molecular weight excluding hydrogens is 418 g/mol. The van der Waals surface area contributed by atoms with Crippen LogP contribution in [0, 0.1) is 0 Å². The number of methoxy groups -OCH3 is 1. The largest absolute Gasteiger partial charge is 0.495 e. The van der Waals surface area contributed by atoms with E-state index in [9.17, 15) is 4.79 Å². The highest BCUT2D eigenvalue weighted by Gasteiger charge is 2.09. The molecule has 0 aliphatic rings. The predicted octanol–water partition coefficient (Wildman–Crippen LogP) is 6.98. The van der Waals surface area contributed by atoms with E-state index in [0.29, 0.717) is 0 Å². The fraction of sp³-hybridized carbons (Fsp3) is 0.0741. The third-order valence-corrected chi connectivity index (χ3v) is 6.08. The van der Waals surface area contributed by atoms with E-state index in [1.807, 2.05) is 66.7 Å². The van der Waals surface area contributed by atoms with Gasteiger partial charge in [0.2, 0.25) is 0 Å². The number of hydrogen-bond acceptors (Lipinski definition) is 4. The quantitative estimate of drug-likeness (QED) is 0.228. The summed E-state index contributed by atoms with van der Waals surface area (Å²) in [5.74, 6) is 0.578. The molecule has 5 heteroatoms. The smallest absolute Gasteiger partial charge is 0.328 e. The van der Waals surface area contributed by atoms with Crippen LogP contribution in [0.15, 0.2) is 95.9 Å². The molecule has 4 aromatic carbocycles. The van der Waals surface area contributed by atoms with Crippen LogP contribution >= 0.6 is 11.8 Å². The van der Waals surface area contributed by atoms with Gasteiger partial charge in [-0.2, -0.15) is 0 Å². The number of ether oxygens (including phenoxy) is 1. The molecule has 2 N–H and O–H groups in total. The minimum atomic E-state index is -0.985. The number of aliphatic carboxylic acids is 1. The maximum absolute atomic E-state index is 11.2. The average Bonchev–Trinajstić information content (AvgIpc) is 2.82. The second-order valence-corrected chi connectivity index (χ2v) is 8.27. The molecular formula is C27H23NO3S. The first-order valence-corrected chi connectivity index (χ1v) is 11.2. The molecule has 0 aliphatic heterocycles. The van der Waals surface area contributed by atoms with Gasteiger partial charge in [0.05, 0.1) is 12.8 Å². The van der Waals surface area contributed by atoms with Crippen LogP contribution < -0.4 is 10.1 Å². The van der Waals surface area contributed by atoms with Crippen molar-refractivity contribution in [2.75, 3.05) is 12.4 Å². The van der Waals surface area contributed by atoms with Gasteiger partial charge in [-0.3, -0.25) is 0 Å². The molecule has 0 atom stereocenters. The summed E-state index contributed by atoms with van der Waals surface area (Å²) in [7, 11) is 1.64. The first-order chi connectivity index (χ1) is 15.6. The Balaban J connectivity index is 1.65. The molecule has 4 nitrogen and oxygen atoms in total. The van der Waals surface area contributed by atoms with Crippen molar-refractivity contribution in [3.63, 3.8) is 0 Å². The molecule has 0 aliphatic carbocycles. The van der Waals surface area contributed by atoms with Crippen molar-refractivity contribution in [2.45, 2.75) is 10.6 Å². The maximum Gasteiger partial charge on any atom is 0.328 e. The molecule has 0 spiro atoms. The second-order valence-electron chi connectivity index (χ2n) is 7.22. The number of rotatable bonds is 8. The lowest BCUT2D eigenvalue weighted by molar-refractivity contribution is -0.131. The minimum absolute atomic E-state index is 0.722. The van der Waals surface area contributed by atoms with E-state index in [1.54, 1.807) is 24.9 Å². The number of carboxylic acid groups (broad SMARTS) is 1. The van der Waals surface area contributed by atoms with Crippen LogP contribution in [-0.2, 0) is 10.5 Å². The number of fused-ring (bicyclic) bond motifs is 1. The summed E-state index contributed by atoms with van der Waals surface area (Å²) in [5.41, 5.74) is 3.66. The number of carboxylic acids is 1. The summed E-state index contributed by atoms with van der Waals surface area (Å²) in [4.78, 5) is 12.2. The minimum Gasteiger partial charge on any atom is -0.495 e. The first-order valence-electron chi connectivity index (χ1n) is 10.2. The number of hydrogen-bond donors (Lipinski definition) is 2. The van der Waals surface area contributed by atoms with Crippen LogP contribution in [-0.4, -0.2) is 18.2 Å². The van der Waals surface area contributed by atoms with Gasteiger partial charge in [0.25, 0.3) is 0 Å². The Hall–Kier alpha value is -3.70. The molecule has 4 rings (SSSR count). The van der Waals surface area contributed by atoms with Gasteiger partial charge in [-0.15, -0.1) is 11.8 Å². The third kappa shape index (κ3) is 5.31. The van der Waals surface area contributed by atoms with Crippen molar-refractivity contribution in [3.8, 4) is 5.75 Å². The second kappa shape index (κ2) is 10.1. The Labute approximate surface area is 191 Å². The van der Waals surface area contributed by atoms with Crippen LogP contribution in [0.1, 0.15) is 11.1 Å². The Morgan fingerprint density at radius 1 is 0.938 bits per heavy atom. The lowest BCUT2D eigenvalue weighted by Crippen LogP contribution is -1.97. The highest BCUT2D eigenvalue weighted by molar-refractivity contribution is 7.98. The number of thioether (sulfide) groups is 1. The molecule has 0 fully saturated rings. The fourth-order valence-electron chi connectivity index (χ4n) is 3.42. The zero-order valence-electron chi connectivity index (χ0n) is 17.6.